The standard InChI is InChI=1S/C9H7O3/c1-7-4-2-3-5-8(7)9(11)12-6-10/h2-5H,1H3. The number of carbonyl (C=O) groups is 1. The third-order valence-corrected chi connectivity index (χ3v) is 1.50. The Bertz CT molecular complexity index is 304. The Kier molecular flexibility index (Phi) is 2.58. The van der Waals surface area contributed by atoms with E-state index in [1.54, 1.807) is 31.2 Å². The van der Waals surface area contributed by atoms with Crippen molar-refractivity contribution in [3.05, 3.63) is 35.4 Å². The van der Waals surface area contributed by atoms with Gasteiger partial charge in [0, 0.05) is 0 Å². The number of carbonyl (C=O) groups excluding carboxylic acids is 2. The fraction of sp³-hybridized carbons (Fsp3) is 0.111. The van der Waals surface area contributed by atoms with Gasteiger partial charge in [0.25, 0.3) is 0 Å². The first-order valence-corrected chi connectivity index (χ1v) is 3.39. The molecule has 0 aliphatic rings. The largest absolute Gasteiger partial charge is 0.425 e. The van der Waals surface area contributed by atoms with Crippen LogP contribution in [0.15, 0.2) is 24.3 Å². The monoisotopic (exact) mass is 163 g/mol. The first-order valence-electron chi connectivity index (χ1n) is 3.39. The maximum absolute atomic E-state index is 11.0. The number of benzene rings is 1. The summed E-state index contributed by atoms with van der Waals surface area (Å²) in [6.07, 6.45) is 0. The third kappa shape index (κ3) is 1.69. The molecule has 0 heterocycles. The van der Waals surface area contributed by atoms with E-state index in [4.69, 9.17) is 0 Å². The molecule has 0 N–H and O–H groups in total. The van der Waals surface area contributed by atoms with Crippen LogP contribution in [0, 0.1) is 6.92 Å². The summed E-state index contributed by atoms with van der Waals surface area (Å²) in [5.41, 5.74) is 1.17. The highest BCUT2D eigenvalue weighted by Gasteiger charge is 2.08. The highest BCUT2D eigenvalue weighted by atomic mass is 16.6. The van der Waals surface area contributed by atoms with Crippen molar-refractivity contribution in [1.29, 1.82) is 0 Å². The smallest absolute Gasteiger partial charge is 0.381 e. The molecule has 0 aromatic heterocycles. The van der Waals surface area contributed by atoms with Crippen LogP contribution in [0.1, 0.15) is 15.9 Å². The average Bonchev–Trinajstić information content (AvgIpc) is 2.05. The Hall–Kier alpha value is -1.64. The zero-order valence-electron chi connectivity index (χ0n) is 6.53. The molecule has 0 saturated carbocycles. The molecule has 3 nitrogen and oxygen atoms in total. The molecule has 3 heteroatoms. The van der Waals surface area contributed by atoms with Gasteiger partial charge in [-0.25, -0.2) is 9.59 Å². The average molecular weight is 163 g/mol. The van der Waals surface area contributed by atoms with Gasteiger partial charge in [-0.05, 0) is 18.6 Å². The molecule has 0 bridgehead atoms. The van der Waals surface area contributed by atoms with E-state index in [0.717, 1.165) is 12.0 Å². The van der Waals surface area contributed by atoms with Crippen LogP contribution in [-0.2, 0) is 9.53 Å². The summed E-state index contributed by atoms with van der Waals surface area (Å²) in [7, 11) is 0. The van der Waals surface area contributed by atoms with Gasteiger partial charge >= 0.3 is 12.4 Å². The molecular weight excluding hydrogens is 156 g/mol. The molecule has 12 heavy (non-hydrogen) atoms. The summed E-state index contributed by atoms with van der Waals surface area (Å²) in [6.45, 7) is 2.86. The van der Waals surface area contributed by atoms with Gasteiger partial charge in [-0.2, -0.15) is 0 Å². The predicted octanol–water partition coefficient (Wildman–Crippen LogP) is 1.22. The summed E-state index contributed by atoms with van der Waals surface area (Å²) < 4.78 is 4.06. The van der Waals surface area contributed by atoms with Crippen LogP contribution in [0.3, 0.4) is 0 Å². The Morgan fingerprint density at radius 1 is 1.42 bits per heavy atom. The van der Waals surface area contributed by atoms with Crippen LogP contribution in [0.2, 0.25) is 0 Å². The zero-order valence-corrected chi connectivity index (χ0v) is 6.53. The summed E-state index contributed by atoms with van der Waals surface area (Å²) >= 11 is 0. The number of hydrogen-bond donors (Lipinski definition) is 0. The summed E-state index contributed by atoms with van der Waals surface area (Å²) in [4.78, 5) is 20.7. The van der Waals surface area contributed by atoms with Crippen LogP contribution in [0.5, 0.6) is 0 Å². The van der Waals surface area contributed by atoms with Gasteiger partial charge < -0.3 is 4.74 Å². The van der Waals surface area contributed by atoms with Crippen molar-refractivity contribution in [2.45, 2.75) is 6.92 Å². The molecular formula is C9H7O3. The summed E-state index contributed by atoms with van der Waals surface area (Å²) in [5.74, 6) is -0.664. The van der Waals surface area contributed by atoms with Gasteiger partial charge in [-0.1, -0.05) is 18.2 Å². The molecule has 0 spiro atoms. The van der Waals surface area contributed by atoms with Crippen LogP contribution in [0.25, 0.3) is 0 Å². The fourth-order valence-electron chi connectivity index (χ4n) is 0.895. The maximum atomic E-state index is 11.0. The van der Waals surface area contributed by atoms with Gasteiger partial charge in [-0.15, -0.1) is 0 Å². The molecule has 0 saturated heterocycles. The SMILES string of the molecule is Cc1ccccc1C(=O)O[C]=O. The number of aryl methyl sites for hydroxylation is 1. The molecule has 1 radical (unpaired) electrons. The Morgan fingerprint density at radius 3 is 2.67 bits per heavy atom. The first kappa shape index (κ1) is 8.46. The molecule has 0 aliphatic carbocycles. The second kappa shape index (κ2) is 3.67. The fourth-order valence-corrected chi connectivity index (χ4v) is 0.895. The van der Waals surface area contributed by atoms with E-state index < -0.39 is 5.97 Å². The van der Waals surface area contributed by atoms with Crippen molar-refractivity contribution in [2.75, 3.05) is 0 Å². The molecule has 0 aliphatic heterocycles. The molecule has 0 unspecified atom stereocenters. The van der Waals surface area contributed by atoms with Gasteiger partial charge in [0.2, 0.25) is 0 Å². The van der Waals surface area contributed by atoms with E-state index in [1.165, 1.54) is 0 Å². The van der Waals surface area contributed by atoms with Crippen molar-refractivity contribution >= 4 is 12.4 Å². The topological polar surface area (TPSA) is 43.4 Å². The molecule has 1 aromatic carbocycles. The number of ether oxygens (including phenoxy) is 1. The van der Waals surface area contributed by atoms with Crippen LogP contribution < -0.4 is 0 Å². The second-order valence-corrected chi connectivity index (χ2v) is 2.29. The van der Waals surface area contributed by atoms with E-state index in [1.807, 2.05) is 0 Å². The van der Waals surface area contributed by atoms with E-state index in [-0.39, 0.29) is 0 Å². The van der Waals surface area contributed by atoms with Gasteiger partial charge in [0.1, 0.15) is 0 Å². The van der Waals surface area contributed by atoms with Crippen LogP contribution in [-0.4, -0.2) is 12.4 Å². The molecule has 61 valence electrons. The lowest BCUT2D eigenvalue weighted by molar-refractivity contribution is 0.0709. The lowest BCUT2D eigenvalue weighted by Crippen LogP contribution is -2.04. The van der Waals surface area contributed by atoms with Gasteiger partial charge in [-0.3, -0.25) is 0 Å². The quantitative estimate of drug-likeness (QED) is 0.486. The number of hydrogen-bond acceptors (Lipinski definition) is 3. The number of esters is 1. The van der Waals surface area contributed by atoms with Crippen molar-refractivity contribution in [3.63, 3.8) is 0 Å². The summed E-state index contributed by atoms with van der Waals surface area (Å²) in [5, 5.41) is 0. The minimum absolute atomic E-state index is 0.390. The van der Waals surface area contributed by atoms with E-state index in [2.05, 4.69) is 4.74 Å². The lowest BCUT2D eigenvalue weighted by Gasteiger charge is -1.99. The molecule has 1 aromatic rings. The molecule has 0 amide bonds. The van der Waals surface area contributed by atoms with Gasteiger partial charge in [0.15, 0.2) is 0 Å². The maximum Gasteiger partial charge on any atom is 0.425 e. The van der Waals surface area contributed by atoms with Crippen molar-refractivity contribution in [3.8, 4) is 0 Å². The molecule has 0 atom stereocenters. The van der Waals surface area contributed by atoms with E-state index >= 15 is 0 Å². The minimum atomic E-state index is -0.664. The third-order valence-electron chi connectivity index (χ3n) is 1.50. The Balaban J connectivity index is 2.94. The van der Waals surface area contributed by atoms with Crippen molar-refractivity contribution < 1.29 is 14.3 Å². The highest BCUT2D eigenvalue weighted by Crippen LogP contribution is 2.07. The predicted molar refractivity (Wildman–Crippen MR) is 42.3 cm³/mol. The van der Waals surface area contributed by atoms with E-state index in [0.29, 0.717) is 5.56 Å². The second-order valence-electron chi connectivity index (χ2n) is 2.29. The van der Waals surface area contributed by atoms with Crippen molar-refractivity contribution in [2.24, 2.45) is 0 Å². The Labute approximate surface area is 70.0 Å². The Morgan fingerprint density at radius 2 is 2.08 bits per heavy atom. The number of rotatable bonds is 2. The lowest BCUT2D eigenvalue weighted by atomic mass is 10.1. The molecule has 0 fully saturated rings. The zero-order chi connectivity index (χ0) is 8.97. The van der Waals surface area contributed by atoms with Crippen molar-refractivity contribution in [1.82, 2.24) is 0 Å². The van der Waals surface area contributed by atoms with Crippen LogP contribution >= 0.6 is 0 Å². The minimum Gasteiger partial charge on any atom is -0.381 e. The van der Waals surface area contributed by atoms with E-state index in [9.17, 15) is 9.59 Å². The molecule has 1 rings (SSSR count). The van der Waals surface area contributed by atoms with Crippen LogP contribution in [0.4, 0.5) is 0 Å². The normalized spacial score (nSPS) is 9.08. The van der Waals surface area contributed by atoms with Gasteiger partial charge in [0.05, 0.1) is 5.56 Å². The highest BCUT2D eigenvalue weighted by molar-refractivity contribution is 5.94. The first-order chi connectivity index (χ1) is 5.75. The summed E-state index contributed by atoms with van der Waals surface area (Å²) in [6, 6.07) is 6.86.